The number of carbonyl (C=O) groups is 1. The summed E-state index contributed by atoms with van der Waals surface area (Å²) in [6.07, 6.45) is 4.24. The van der Waals surface area contributed by atoms with Crippen LogP contribution in [0.5, 0.6) is 0 Å². The van der Waals surface area contributed by atoms with E-state index in [1.807, 2.05) is 11.7 Å². The van der Waals surface area contributed by atoms with Crippen LogP contribution >= 0.6 is 0 Å². The number of hydrogen-bond acceptors (Lipinski definition) is 3. The van der Waals surface area contributed by atoms with Crippen LogP contribution in [0.2, 0.25) is 0 Å². The highest BCUT2D eigenvalue weighted by molar-refractivity contribution is 5.73. The van der Waals surface area contributed by atoms with Crippen molar-refractivity contribution in [1.82, 2.24) is 25.3 Å². The topological polar surface area (TPSA) is 62.2 Å². The number of nitrogens with zero attached hydrogens (tertiary/aromatic N) is 3. The summed E-state index contributed by atoms with van der Waals surface area (Å²) in [6, 6.07) is -0.0776. The fourth-order valence-corrected chi connectivity index (χ4v) is 3.50. The number of urea groups is 1. The Bertz CT molecular complexity index is 525. The summed E-state index contributed by atoms with van der Waals surface area (Å²) >= 11 is 0. The highest BCUT2D eigenvalue weighted by Gasteiger charge is 2.18. The van der Waals surface area contributed by atoms with Gasteiger partial charge in [-0.15, -0.1) is 0 Å². The normalized spacial score (nSPS) is 18.9. The Morgan fingerprint density at radius 3 is 2.70 bits per heavy atom. The molecule has 2 heterocycles. The SMILES string of the molecule is CCc1nn(C)c(CC)c1CNC(=O)NC[C@@H]1CCCN(C)C1. The van der Waals surface area contributed by atoms with Gasteiger partial charge in [-0.3, -0.25) is 4.68 Å². The molecule has 2 amide bonds. The van der Waals surface area contributed by atoms with Gasteiger partial charge < -0.3 is 15.5 Å². The first-order valence-corrected chi connectivity index (χ1v) is 8.78. The van der Waals surface area contributed by atoms with Crippen molar-refractivity contribution >= 4 is 6.03 Å². The number of carbonyl (C=O) groups excluding carboxylic acids is 1. The molecule has 0 saturated carbocycles. The average Bonchev–Trinajstić information content (AvgIpc) is 2.85. The molecule has 1 aliphatic heterocycles. The van der Waals surface area contributed by atoms with Crippen LogP contribution in [0.3, 0.4) is 0 Å². The molecule has 0 spiro atoms. The number of likely N-dealkylation sites (tertiary alicyclic amines) is 1. The summed E-state index contributed by atoms with van der Waals surface area (Å²) in [6.45, 7) is 7.78. The second-order valence-electron chi connectivity index (χ2n) is 6.54. The minimum Gasteiger partial charge on any atom is -0.338 e. The second-order valence-corrected chi connectivity index (χ2v) is 6.54. The molecule has 0 radical (unpaired) electrons. The fourth-order valence-electron chi connectivity index (χ4n) is 3.50. The van der Waals surface area contributed by atoms with Gasteiger partial charge in [0.05, 0.1) is 5.69 Å². The van der Waals surface area contributed by atoms with Crippen molar-refractivity contribution in [3.05, 3.63) is 17.0 Å². The van der Waals surface area contributed by atoms with Crippen LogP contribution in [0.25, 0.3) is 0 Å². The van der Waals surface area contributed by atoms with E-state index in [4.69, 9.17) is 0 Å². The van der Waals surface area contributed by atoms with Gasteiger partial charge in [0.1, 0.15) is 0 Å². The van der Waals surface area contributed by atoms with Crippen molar-refractivity contribution < 1.29 is 4.79 Å². The van der Waals surface area contributed by atoms with E-state index in [9.17, 15) is 4.79 Å². The molecule has 1 fully saturated rings. The van der Waals surface area contributed by atoms with Crippen molar-refractivity contribution in [1.29, 1.82) is 0 Å². The lowest BCUT2D eigenvalue weighted by atomic mass is 9.99. The molecule has 1 saturated heterocycles. The maximum atomic E-state index is 12.1. The van der Waals surface area contributed by atoms with E-state index < -0.39 is 0 Å². The number of piperidine rings is 1. The molecule has 1 aromatic heterocycles. The van der Waals surface area contributed by atoms with Crippen LogP contribution in [0, 0.1) is 5.92 Å². The molecule has 1 atom stereocenters. The zero-order valence-corrected chi connectivity index (χ0v) is 15.0. The van der Waals surface area contributed by atoms with Crippen molar-refractivity contribution in [2.24, 2.45) is 13.0 Å². The van der Waals surface area contributed by atoms with Crippen LogP contribution < -0.4 is 10.6 Å². The third-order valence-electron chi connectivity index (χ3n) is 4.73. The van der Waals surface area contributed by atoms with E-state index in [0.29, 0.717) is 12.5 Å². The first-order valence-electron chi connectivity index (χ1n) is 8.78. The number of aromatic nitrogens is 2. The second kappa shape index (κ2) is 8.34. The summed E-state index contributed by atoms with van der Waals surface area (Å²) in [5, 5.41) is 10.6. The summed E-state index contributed by atoms with van der Waals surface area (Å²) in [5.74, 6) is 0.565. The standard InChI is InChI=1S/C17H31N5O/c1-5-15-14(16(6-2)22(4)20-15)11-19-17(23)18-10-13-8-7-9-21(3)12-13/h13H,5-12H2,1-4H3,(H2,18,19,23)/t13-/m0/s1. The first kappa shape index (κ1) is 17.8. The average molecular weight is 321 g/mol. The van der Waals surface area contributed by atoms with Crippen molar-refractivity contribution in [2.75, 3.05) is 26.7 Å². The Kier molecular flexibility index (Phi) is 6.45. The summed E-state index contributed by atoms with van der Waals surface area (Å²) < 4.78 is 1.94. The molecular weight excluding hydrogens is 290 g/mol. The first-order chi connectivity index (χ1) is 11.0. The van der Waals surface area contributed by atoms with Gasteiger partial charge >= 0.3 is 6.03 Å². The molecule has 0 unspecified atom stereocenters. The maximum absolute atomic E-state index is 12.1. The molecule has 6 heteroatoms. The Hall–Kier alpha value is -1.56. The Morgan fingerprint density at radius 1 is 1.26 bits per heavy atom. The van der Waals surface area contributed by atoms with E-state index in [2.05, 4.69) is 41.5 Å². The van der Waals surface area contributed by atoms with Gasteiger partial charge in [0, 0.05) is 37.9 Å². The van der Waals surface area contributed by atoms with Crippen LogP contribution in [0.15, 0.2) is 0 Å². The molecular formula is C17H31N5O. The number of amides is 2. The van der Waals surface area contributed by atoms with E-state index >= 15 is 0 Å². The predicted octanol–water partition coefficient (Wildman–Crippen LogP) is 1.69. The van der Waals surface area contributed by atoms with Crippen molar-refractivity contribution in [3.63, 3.8) is 0 Å². The Balaban J connectivity index is 1.82. The monoisotopic (exact) mass is 321 g/mol. The van der Waals surface area contributed by atoms with Crippen LogP contribution in [-0.2, 0) is 26.4 Å². The van der Waals surface area contributed by atoms with Gasteiger partial charge in [0.25, 0.3) is 0 Å². The van der Waals surface area contributed by atoms with Gasteiger partial charge in [-0.2, -0.15) is 5.10 Å². The molecule has 1 aromatic rings. The molecule has 0 aromatic carbocycles. The van der Waals surface area contributed by atoms with E-state index in [1.165, 1.54) is 30.6 Å². The summed E-state index contributed by atoms with van der Waals surface area (Å²) in [4.78, 5) is 14.4. The quantitative estimate of drug-likeness (QED) is 0.838. The molecule has 6 nitrogen and oxygen atoms in total. The molecule has 130 valence electrons. The van der Waals surface area contributed by atoms with Crippen LogP contribution in [-0.4, -0.2) is 47.4 Å². The van der Waals surface area contributed by atoms with Gasteiger partial charge in [0.15, 0.2) is 0 Å². The van der Waals surface area contributed by atoms with E-state index in [-0.39, 0.29) is 6.03 Å². The van der Waals surface area contributed by atoms with Gasteiger partial charge in [0.2, 0.25) is 0 Å². The molecule has 2 rings (SSSR count). The summed E-state index contributed by atoms with van der Waals surface area (Å²) in [5.41, 5.74) is 3.46. The molecule has 23 heavy (non-hydrogen) atoms. The highest BCUT2D eigenvalue weighted by Crippen LogP contribution is 2.15. The van der Waals surface area contributed by atoms with Gasteiger partial charge in [-0.25, -0.2) is 4.79 Å². The zero-order chi connectivity index (χ0) is 16.8. The molecule has 2 N–H and O–H groups in total. The minimum absolute atomic E-state index is 0.0776. The fraction of sp³-hybridized carbons (Fsp3) is 0.765. The smallest absolute Gasteiger partial charge is 0.315 e. The zero-order valence-electron chi connectivity index (χ0n) is 15.0. The number of nitrogens with one attached hydrogen (secondary N) is 2. The van der Waals surface area contributed by atoms with Gasteiger partial charge in [-0.1, -0.05) is 13.8 Å². The lowest BCUT2D eigenvalue weighted by molar-refractivity contribution is 0.202. The van der Waals surface area contributed by atoms with Crippen LogP contribution in [0.4, 0.5) is 4.79 Å². The Labute approximate surface area is 139 Å². The van der Waals surface area contributed by atoms with Crippen molar-refractivity contribution in [2.45, 2.75) is 46.1 Å². The highest BCUT2D eigenvalue weighted by atomic mass is 16.2. The molecule has 0 aliphatic carbocycles. The van der Waals surface area contributed by atoms with E-state index in [1.54, 1.807) is 0 Å². The third kappa shape index (κ3) is 4.70. The number of hydrogen-bond donors (Lipinski definition) is 2. The number of rotatable bonds is 6. The Morgan fingerprint density at radius 2 is 2.04 bits per heavy atom. The van der Waals surface area contributed by atoms with Gasteiger partial charge in [-0.05, 0) is 45.2 Å². The predicted molar refractivity (Wildman–Crippen MR) is 92.4 cm³/mol. The minimum atomic E-state index is -0.0776. The molecule has 1 aliphatic rings. The third-order valence-corrected chi connectivity index (χ3v) is 4.73. The molecule has 0 bridgehead atoms. The lowest BCUT2D eigenvalue weighted by Crippen LogP contribution is -2.42. The van der Waals surface area contributed by atoms with Crippen molar-refractivity contribution in [3.8, 4) is 0 Å². The largest absolute Gasteiger partial charge is 0.338 e. The number of aryl methyl sites for hydroxylation is 2. The van der Waals surface area contributed by atoms with Crippen LogP contribution in [0.1, 0.15) is 43.6 Å². The lowest BCUT2D eigenvalue weighted by Gasteiger charge is -2.29. The summed E-state index contributed by atoms with van der Waals surface area (Å²) in [7, 11) is 4.12. The van der Waals surface area contributed by atoms with E-state index in [0.717, 1.165) is 31.6 Å². The maximum Gasteiger partial charge on any atom is 0.315 e.